The molecule has 0 aliphatic heterocycles. The van der Waals surface area contributed by atoms with Crippen molar-refractivity contribution >= 4 is 33.1 Å². The number of nitrogens with one attached hydrogen (secondary N) is 1. The minimum Gasteiger partial charge on any atom is -0.324 e. The molecule has 2 aromatic heterocycles. The molecule has 1 N–H and O–H groups in total. The molecule has 6 heteroatoms. The number of para-hydroxylation sites is 1. The topological polar surface area (TPSA) is 64.0 Å². The maximum absolute atomic E-state index is 13.3. The Morgan fingerprint density at radius 2 is 1.69 bits per heavy atom. The summed E-state index contributed by atoms with van der Waals surface area (Å²) in [6.07, 6.45) is 4.09. The van der Waals surface area contributed by atoms with Crippen LogP contribution in [0.3, 0.4) is 0 Å². The lowest BCUT2D eigenvalue weighted by Gasteiger charge is -2.15. The fraction of sp³-hybridized carbons (Fsp3) is 0.269. The molecular formula is C26H27N3O2S. The van der Waals surface area contributed by atoms with Gasteiger partial charge in [-0.3, -0.25) is 14.2 Å². The van der Waals surface area contributed by atoms with Gasteiger partial charge in [-0.2, -0.15) is 0 Å². The lowest BCUT2D eigenvalue weighted by Crippen LogP contribution is -2.28. The first kappa shape index (κ1) is 22.0. The molecule has 2 heterocycles. The smallest absolute Gasteiger partial charge is 0.263 e. The van der Waals surface area contributed by atoms with Crippen LogP contribution < -0.4 is 10.9 Å². The largest absolute Gasteiger partial charge is 0.324 e. The van der Waals surface area contributed by atoms with E-state index in [9.17, 15) is 9.59 Å². The molecule has 4 rings (SSSR count). The third-order valence-electron chi connectivity index (χ3n) is 5.81. The molecular weight excluding hydrogens is 418 g/mol. The standard InChI is InChI=1S/C26H27N3O2S/c1-4-17-10-12-20(13-11-17)21-15-32-25-23(21)26(31)29(16-27-25)14-22(30)28-24-18(5-2)8-7-9-19(24)6-3/h7-13,15-16H,4-6,14H2,1-3H3,(H,28,30). The quantitative estimate of drug-likeness (QED) is 0.411. The molecule has 0 aliphatic rings. The van der Waals surface area contributed by atoms with Gasteiger partial charge >= 0.3 is 0 Å². The van der Waals surface area contributed by atoms with Gasteiger partial charge in [-0.25, -0.2) is 4.98 Å². The zero-order valence-electron chi connectivity index (χ0n) is 18.6. The van der Waals surface area contributed by atoms with Crippen LogP contribution in [0.25, 0.3) is 21.3 Å². The summed E-state index contributed by atoms with van der Waals surface area (Å²) < 4.78 is 1.40. The first-order valence-electron chi connectivity index (χ1n) is 11.0. The maximum Gasteiger partial charge on any atom is 0.263 e. The van der Waals surface area contributed by atoms with Crippen molar-refractivity contribution in [3.8, 4) is 11.1 Å². The summed E-state index contributed by atoms with van der Waals surface area (Å²) in [7, 11) is 0. The molecule has 0 saturated heterocycles. The number of benzene rings is 2. The van der Waals surface area contributed by atoms with E-state index in [2.05, 4.69) is 43.2 Å². The minimum absolute atomic E-state index is 0.0764. The van der Waals surface area contributed by atoms with E-state index in [0.717, 1.165) is 47.2 Å². The first-order chi connectivity index (χ1) is 15.5. The summed E-state index contributed by atoms with van der Waals surface area (Å²) in [4.78, 5) is 31.3. The zero-order valence-corrected chi connectivity index (χ0v) is 19.5. The molecule has 0 saturated carbocycles. The molecule has 0 fully saturated rings. The molecule has 0 aliphatic carbocycles. The van der Waals surface area contributed by atoms with Crippen molar-refractivity contribution in [2.75, 3.05) is 5.32 Å². The van der Waals surface area contributed by atoms with Crippen molar-refractivity contribution in [2.45, 2.75) is 46.6 Å². The van der Waals surface area contributed by atoms with Crippen LogP contribution >= 0.6 is 11.3 Å². The van der Waals surface area contributed by atoms with E-state index in [-0.39, 0.29) is 18.0 Å². The highest BCUT2D eigenvalue weighted by atomic mass is 32.1. The Morgan fingerprint density at radius 3 is 2.31 bits per heavy atom. The van der Waals surface area contributed by atoms with Crippen LogP contribution in [0.15, 0.2) is 59.0 Å². The number of amides is 1. The van der Waals surface area contributed by atoms with Gasteiger partial charge < -0.3 is 5.32 Å². The monoisotopic (exact) mass is 445 g/mol. The van der Waals surface area contributed by atoms with Gasteiger partial charge in [0.05, 0.1) is 11.7 Å². The Hall–Kier alpha value is -3.25. The number of thiophene rings is 1. The molecule has 0 radical (unpaired) electrons. The molecule has 1 amide bonds. The number of carbonyl (C=O) groups excluding carboxylic acids is 1. The van der Waals surface area contributed by atoms with Crippen LogP contribution in [0.4, 0.5) is 5.69 Å². The third-order valence-corrected chi connectivity index (χ3v) is 6.70. The number of hydrogen-bond acceptors (Lipinski definition) is 4. The van der Waals surface area contributed by atoms with Gasteiger partial charge in [-0.1, -0.05) is 63.2 Å². The molecule has 0 atom stereocenters. The summed E-state index contributed by atoms with van der Waals surface area (Å²) >= 11 is 1.45. The molecule has 164 valence electrons. The number of anilines is 1. The average molecular weight is 446 g/mol. The minimum atomic E-state index is -0.229. The second kappa shape index (κ2) is 9.49. The van der Waals surface area contributed by atoms with Gasteiger partial charge in [0, 0.05) is 16.6 Å². The van der Waals surface area contributed by atoms with Crippen molar-refractivity contribution in [3.63, 3.8) is 0 Å². The SMILES string of the molecule is CCc1ccc(-c2csc3ncn(CC(=O)Nc4c(CC)cccc4CC)c(=O)c23)cc1. The molecule has 4 aromatic rings. The first-order valence-corrected chi connectivity index (χ1v) is 11.9. The van der Waals surface area contributed by atoms with E-state index >= 15 is 0 Å². The Bertz CT molecular complexity index is 1300. The number of hydrogen-bond donors (Lipinski definition) is 1. The normalized spacial score (nSPS) is 11.1. The van der Waals surface area contributed by atoms with E-state index in [4.69, 9.17) is 0 Å². The van der Waals surface area contributed by atoms with Gasteiger partial charge in [0.1, 0.15) is 11.4 Å². The summed E-state index contributed by atoms with van der Waals surface area (Å²) in [5.41, 5.74) is 5.95. The highest BCUT2D eigenvalue weighted by molar-refractivity contribution is 7.17. The summed E-state index contributed by atoms with van der Waals surface area (Å²) in [6.45, 7) is 6.17. The number of aryl methyl sites for hydroxylation is 3. The Morgan fingerprint density at radius 1 is 1.00 bits per heavy atom. The van der Waals surface area contributed by atoms with E-state index in [1.165, 1.54) is 27.8 Å². The fourth-order valence-corrected chi connectivity index (χ4v) is 4.86. The van der Waals surface area contributed by atoms with Crippen molar-refractivity contribution in [3.05, 3.63) is 81.2 Å². The van der Waals surface area contributed by atoms with Crippen LogP contribution in [0.2, 0.25) is 0 Å². The lowest BCUT2D eigenvalue weighted by atomic mass is 10.0. The van der Waals surface area contributed by atoms with Crippen molar-refractivity contribution in [1.82, 2.24) is 9.55 Å². The van der Waals surface area contributed by atoms with Crippen LogP contribution in [-0.2, 0) is 30.6 Å². The fourth-order valence-electron chi connectivity index (χ4n) is 3.95. The van der Waals surface area contributed by atoms with Gasteiger partial charge in [0.15, 0.2) is 0 Å². The summed E-state index contributed by atoms with van der Waals surface area (Å²) in [5, 5.41) is 5.57. The second-order valence-corrected chi connectivity index (χ2v) is 8.62. The van der Waals surface area contributed by atoms with Gasteiger partial charge in [-0.15, -0.1) is 11.3 Å². The average Bonchev–Trinajstić information content (AvgIpc) is 3.26. The van der Waals surface area contributed by atoms with Crippen LogP contribution in [0.5, 0.6) is 0 Å². The van der Waals surface area contributed by atoms with Crippen LogP contribution in [0.1, 0.15) is 37.5 Å². The molecule has 0 bridgehead atoms. The number of fused-ring (bicyclic) bond motifs is 1. The van der Waals surface area contributed by atoms with Crippen LogP contribution in [-0.4, -0.2) is 15.5 Å². The maximum atomic E-state index is 13.3. The number of aromatic nitrogens is 2. The number of nitrogens with zero attached hydrogens (tertiary/aromatic N) is 2. The molecule has 5 nitrogen and oxygen atoms in total. The highest BCUT2D eigenvalue weighted by Gasteiger charge is 2.16. The molecule has 0 spiro atoms. The zero-order chi connectivity index (χ0) is 22.7. The predicted molar refractivity (Wildman–Crippen MR) is 133 cm³/mol. The summed E-state index contributed by atoms with van der Waals surface area (Å²) in [5.74, 6) is -0.229. The van der Waals surface area contributed by atoms with Gasteiger partial charge in [0.2, 0.25) is 5.91 Å². The lowest BCUT2D eigenvalue weighted by molar-refractivity contribution is -0.116. The third kappa shape index (κ3) is 4.23. The van der Waals surface area contributed by atoms with E-state index in [1.54, 1.807) is 0 Å². The van der Waals surface area contributed by atoms with E-state index in [0.29, 0.717) is 10.2 Å². The Kier molecular flexibility index (Phi) is 6.51. The molecule has 2 aromatic carbocycles. The van der Waals surface area contributed by atoms with Crippen molar-refractivity contribution in [1.29, 1.82) is 0 Å². The number of carbonyl (C=O) groups is 1. The van der Waals surface area contributed by atoms with E-state index in [1.807, 2.05) is 35.7 Å². The van der Waals surface area contributed by atoms with Crippen molar-refractivity contribution < 1.29 is 4.79 Å². The predicted octanol–water partition coefficient (Wildman–Crippen LogP) is 5.45. The second-order valence-electron chi connectivity index (χ2n) is 7.76. The summed E-state index contributed by atoms with van der Waals surface area (Å²) in [6, 6.07) is 14.3. The van der Waals surface area contributed by atoms with Crippen LogP contribution in [0, 0.1) is 0 Å². The van der Waals surface area contributed by atoms with Gasteiger partial charge in [-0.05, 0) is 41.5 Å². The highest BCUT2D eigenvalue weighted by Crippen LogP contribution is 2.31. The number of rotatable bonds is 7. The van der Waals surface area contributed by atoms with Gasteiger partial charge in [0.25, 0.3) is 5.56 Å². The Labute approximate surface area is 191 Å². The molecule has 32 heavy (non-hydrogen) atoms. The van der Waals surface area contributed by atoms with Crippen molar-refractivity contribution in [2.24, 2.45) is 0 Å². The van der Waals surface area contributed by atoms with E-state index < -0.39 is 0 Å². The Balaban J connectivity index is 1.65. The molecule has 0 unspecified atom stereocenters.